The first kappa shape index (κ1) is 42.0. The SMILES string of the molecule is CCCCCC(C)C(C)C(C)C(CCC(C)(C)CCC)(C(C)CC(C)CCC)C(C)(CCCC)C(C)C(C)CCCC. The van der Waals surface area contributed by atoms with Crippen LogP contribution in [0.3, 0.4) is 0 Å². The van der Waals surface area contributed by atoms with Crippen LogP contribution in [0.4, 0.5) is 0 Å². The third kappa shape index (κ3) is 12.1. The summed E-state index contributed by atoms with van der Waals surface area (Å²) in [7, 11) is 0. The van der Waals surface area contributed by atoms with Crippen LogP contribution in [0.15, 0.2) is 0 Å². The van der Waals surface area contributed by atoms with Crippen molar-refractivity contribution in [3.63, 3.8) is 0 Å². The number of unbranched alkanes of at least 4 members (excludes halogenated alkanes) is 4. The van der Waals surface area contributed by atoms with Gasteiger partial charge in [0.1, 0.15) is 0 Å². The van der Waals surface area contributed by atoms with Crippen molar-refractivity contribution in [1.82, 2.24) is 0 Å². The Labute approximate surface area is 270 Å². The zero-order valence-electron chi connectivity index (χ0n) is 32.6. The van der Waals surface area contributed by atoms with Gasteiger partial charge in [0.25, 0.3) is 0 Å². The van der Waals surface area contributed by atoms with Gasteiger partial charge < -0.3 is 0 Å². The van der Waals surface area contributed by atoms with E-state index in [4.69, 9.17) is 0 Å². The van der Waals surface area contributed by atoms with Crippen molar-refractivity contribution in [2.45, 2.75) is 213 Å². The molecule has 0 saturated carbocycles. The highest BCUT2D eigenvalue weighted by molar-refractivity contribution is 5.06. The Hall–Kier alpha value is 0. The lowest BCUT2D eigenvalue weighted by Crippen LogP contribution is -2.56. The minimum atomic E-state index is 0.348. The molecule has 0 aliphatic rings. The zero-order chi connectivity index (χ0) is 32.6. The van der Waals surface area contributed by atoms with Crippen molar-refractivity contribution in [3.05, 3.63) is 0 Å². The highest BCUT2D eigenvalue weighted by Gasteiger charge is 2.57. The van der Waals surface area contributed by atoms with E-state index < -0.39 is 0 Å². The average Bonchev–Trinajstić information content (AvgIpc) is 2.93. The fourth-order valence-electron chi connectivity index (χ4n) is 9.84. The number of hydrogen-bond donors (Lipinski definition) is 0. The first-order chi connectivity index (χ1) is 19.6. The van der Waals surface area contributed by atoms with Crippen LogP contribution >= 0.6 is 0 Å². The van der Waals surface area contributed by atoms with E-state index >= 15 is 0 Å². The summed E-state index contributed by atoms with van der Waals surface area (Å²) in [5.74, 6) is 5.41. The molecule has 0 aromatic heterocycles. The summed E-state index contributed by atoms with van der Waals surface area (Å²) in [6.45, 7) is 38.7. The standard InChI is InChI=1S/C42H86/c1-16-21-24-27-34(7)37(10)39(12)42(31-30-40(13,14)28-20-5,36(9)32-33(6)25-19-4)41(15,29-23-18-3)38(11)35(8)26-22-17-2/h33-39H,16-32H2,1-15H3. The van der Waals surface area contributed by atoms with Gasteiger partial charge >= 0.3 is 0 Å². The second-order valence-corrected chi connectivity index (χ2v) is 17.0. The molecule has 0 saturated heterocycles. The molecule has 0 nitrogen and oxygen atoms in total. The van der Waals surface area contributed by atoms with Gasteiger partial charge in [0, 0.05) is 0 Å². The third-order valence-corrected chi connectivity index (χ3v) is 13.3. The fourth-order valence-corrected chi connectivity index (χ4v) is 9.84. The maximum atomic E-state index is 2.84. The molecule has 0 amide bonds. The predicted molar refractivity (Wildman–Crippen MR) is 195 cm³/mol. The van der Waals surface area contributed by atoms with Gasteiger partial charge in [-0.05, 0) is 89.8 Å². The molecule has 0 radical (unpaired) electrons. The first-order valence-electron chi connectivity index (χ1n) is 19.6. The summed E-state index contributed by atoms with van der Waals surface area (Å²) in [5.41, 5.74) is 1.13. The maximum absolute atomic E-state index is 2.84. The third-order valence-electron chi connectivity index (χ3n) is 13.3. The Morgan fingerprint density at radius 3 is 1.57 bits per heavy atom. The normalized spacial score (nSPS) is 20.6. The molecule has 0 aliphatic carbocycles. The molecule has 9 unspecified atom stereocenters. The highest BCUT2D eigenvalue weighted by Crippen LogP contribution is 2.65. The Balaban J connectivity index is 7.32. The fraction of sp³-hybridized carbons (Fsp3) is 1.00. The van der Waals surface area contributed by atoms with E-state index in [-0.39, 0.29) is 0 Å². The van der Waals surface area contributed by atoms with Gasteiger partial charge in [0.2, 0.25) is 0 Å². The molecule has 0 spiro atoms. The Bertz CT molecular complexity index is 646. The second kappa shape index (κ2) is 20.9. The van der Waals surface area contributed by atoms with Crippen molar-refractivity contribution in [1.29, 1.82) is 0 Å². The Morgan fingerprint density at radius 2 is 1.05 bits per heavy atom. The van der Waals surface area contributed by atoms with Crippen LogP contribution in [-0.4, -0.2) is 0 Å². The minimum absolute atomic E-state index is 0.348. The highest BCUT2D eigenvalue weighted by atomic mass is 14.6. The quantitative estimate of drug-likeness (QED) is 0.0879. The van der Waals surface area contributed by atoms with Gasteiger partial charge in [-0.25, -0.2) is 0 Å². The minimum Gasteiger partial charge on any atom is -0.0654 e. The van der Waals surface area contributed by atoms with Crippen LogP contribution in [0.5, 0.6) is 0 Å². The van der Waals surface area contributed by atoms with E-state index in [1.165, 1.54) is 109 Å². The summed E-state index contributed by atoms with van der Waals surface area (Å²) >= 11 is 0. The van der Waals surface area contributed by atoms with Crippen molar-refractivity contribution in [3.8, 4) is 0 Å². The van der Waals surface area contributed by atoms with E-state index in [0.717, 1.165) is 41.4 Å². The average molecular weight is 591 g/mol. The van der Waals surface area contributed by atoms with E-state index in [1.807, 2.05) is 0 Å². The summed E-state index contributed by atoms with van der Waals surface area (Å²) in [5, 5.41) is 0. The van der Waals surface area contributed by atoms with Gasteiger partial charge in [-0.1, -0.05) is 181 Å². The van der Waals surface area contributed by atoms with Crippen molar-refractivity contribution in [2.24, 2.45) is 57.7 Å². The molecule has 0 bridgehead atoms. The van der Waals surface area contributed by atoms with Gasteiger partial charge in [-0.15, -0.1) is 0 Å². The van der Waals surface area contributed by atoms with Crippen molar-refractivity contribution >= 4 is 0 Å². The Kier molecular flexibility index (Phi) is 20.9. The summed E-state index contributed by atoms with van der Waals surface area (Å²) in [6.07, 6.45) is 23.3. The summed E-state index contributed by atoms with van der Waals surface area (Å²) < 4.78 is 0. The molecular weight excluding hydrogens is 504 g/mol. The van der Waals surface area contributed by atoms with Crippen LogP contribution in [0, 0.1) is 57.7 Å². The van der Waals surface area contributed by atoms with Gasteiger partial charge in [-0.2, -0.15) is 0 Å². The van der Waals surface area contributed by atoms with E-state index in [9.17, 15) is 0 Å². The molecule has 0 heteroatoms. The molecule has 0 fully saturated rings. The second-order valence-electron chi connectivity index (χ2n) is 17.0. The number of rotatable bonds is 26. The lowest BCUT2D eigenvalue weighted by Gasteiger charge is -2.62. The largest absolute Gasteiger partial charge is 0.0654 e. The van der Waals surface area contributed by atoms with Crippen LogP contribution in [0.1, 0.15) is 213 Å². The lowest BCUT2D eigenvalue weighted by atomic mass is 9.42. The van der Waals surface area contributed by atoms with Crippen LogP contribution in [-0.2, 0) is 0 Å². The molecule has 0 aromatic carbocycles. The lowest BCUT2D eigenvalue weighted by molar-refractivity contribution is -0.141. The molecule has 0 aromatic rings. The van der Waals surface area contributed by atoms with E-state index in [0.29, 0.717) is 16.2 Å². The van der Waals surface area contributed by atoms with Crippen LogP contribution < -0.4 is 0 Å². The first-order valence-corrected chi connectivity index (χ1v) is 19.6. The van der Waals surface area contributed by atoms with Crippen LogP contribution in [0.2, 0.25) is 0 Å². The van der Waals surface area contributed by atoms with E-state index in [2.05, 4.69) is 104 Å². The molecule has 254 valence electrons. The van der Waals surface area contributed by atoms with E-state index in [1.54, 1.807) is 0 Å². The summed E-state index contributed by atoms with van der Waals surface area (Å²) in [4.78, 5) is 0. The molecule has 42 heavy (non-hydrogen) atoms. The van der Waals surface area contributed by atoms with Gasteiger partial charge in [0.15, 0.2) is 0 Å². The monoisotopic (exact) mass is 591 g/mol. The molecule has 0 aliphatic heterocycles. The molecule has 0 rings (SSSR count). The van der Waals surface area contributed by atoms with Crippen LogP contribution in [0.25, 0.3) is 0 Å². The van der Waals surface area contributed by atoms with Crippen molar-refractivity contribution < 1.29 is 0 Å². The topological polar surface area (TPSA) is 0 Å². The molecule has 9 atom stereocenters. The Morgan fingerprint density at radius 1 is 0.476 bits per heavy atom. The molecule has 0 N–H and O–H groups in total. The van der Waals surface area contributed by atoms with Crippen molar-refractivity contribution in [2.75, 3.05) is 0 Å². The molecule has 0 heterocycles. The van der Waals surface area contributed by atoms with Gasteiger partial charge in [-0.3, -0.25) is 0 Å². The summed E-state index contributed by atoms with van der Waals surface area (Å²) in [6, 6.07) is 0. The zero-order valence-corrected chi connectivity index (χ0v) is 32.6. The van der Waals surface area contributed by atoms with Gasteiger partial charge in [0.05, 0.1) is 0 Å². The number of hydrogen-bond acceptors (Lipinski definition) is 0. The predicted octanol–water partition coefficient (Wildman–Crippen LogP) is 15.2. The maximum Gasteiger partial charge on any atom is -0.0187 e. The molecular formula is C42H86. The smallest absolute Gasteiger partial charge is 0.0187 e.